The monoisotopic (exact) mass is 333 g/mol. The molecule has 0 aliphatic carbocycles. The van der Waals surface area contributed by atoms with E-state index < -0.39 is 18.3 Å². The largest absolute Gasteiger partial charge is 0.481 e. The van der Waals surface area contributed by atoms with Crippen LogP contribution in [0.3, 0.4) is 0 Å². The van der Waals surface area contributed by atoms with Crippen LogP contribution in [0.4, 0.5) is 4.39 Å². The highest BCUT2D eigenvalue weighted by molar-refractivity contribution is 6.46. The van der Waals surface area contributed by atoms with E-state index in [1.54, 1.807) is 0 Å². The number of hydrogen-bond acceptors (Lipinski definition) is 2. The van der Waals surface area contributed by atoms with Gasteiger partial charge in [0.05, 0.1) is 27.2 Å². The van der Waals surface area contributed by atoms with E-state index in [4.69, 9.17) is 39.9 Å². The van der Waals surface area contributed by atoms with Gasteiger partial charge in [-0.3, -0.25) is 4.79 Å². The molecular weight excluding hydrogens is 328 g/mol. The number of nitrogens with zero attached hydrogens (tertiary/aromatic N) is 1. The average molecular weight is 335 g/mol. The molecule has 1 N–H and O–H groups in total. The van der Waals surface area contributed by atoms with Gasteiger partial charge in [-0.15, -0.1) is 0 Å². The molecular formula is C13H7Cl3FNO2. The molecule has 0 atom stereocenters. The van der Waals surface area contributed by atoms with E-state index in [9.17, 15) is 9.18 Å². The second kappa shape index (κ2) is 5.95. The van der Waals surface area contributed by atoms with Crippen LogP contribution in [0.2, 0.25) is 15.1 Å². The third-order valence-electron chi connectivity index (χ3n) is 2.57. The van der Waals surface area contributed by atoms with E-state index in [0.717, 1.165) is 0 Å². The minimum Gasteiger partial charge on any atom is -0.481 e. The van der Waals surface area contributed by atoms with Crippen molar-refractivity contribution in [3.8, 4) is 11.3 Å². The van der Waals surface area contributed by atoms with Gasteiger partial charge in [-0.05, 0) is 18.2 Å². The van der Waals surface area contributed by atoms with Crippen LogP contribution in [0.15, 0.2) is 24.3 Å². The Morgan fingerprint density at radius 2 is 1.80 bits per heavy atom. The molecule has 0 bridgehead atoms. The average Bonchev–Trinajstić information content (AvgIpc) is 2.37. The maximum absolute atomic E-state index is 13.8. The molecule has 0 saturated heterocycles. The Bertz CT molecular complexity index is 692. The number of halogens is 4. The minimum atomic E-state index is -1.14. The lowest BCUT2D eigenvalue weighted by Crippen LogP contribution is -2.04. The summed E-state index contributed by atoms with van der Waals surface area (Å²) in [6.45, 7) is 0. The van der Waals surface area contributed by atoms with E-state index in [-0.39, 0.29) is 26.3 Å². The first-order chi connectivity index (χ1) is 9.40. The summed E-state index contributed by atoms with van der Waals surface area (Å²) >= 11 is 17.9. The van der Waals surface area contributed by atoms with Crippen molar-refractivity contribution in [1.29, 1.82) is 0 Å². The Balaban J connectivity index is 2.52. The Morgan fingerprint density at radius 3 is 2.40 bits per heavy atom. The fraction of sp³-hybridized carbons (Fsp3) is 0.0769. The number of benzene rings is 1. The van der Waals surface area contributed by atoms with Crippen molar-refractivity contribution in [2.45, 2.75) is 6.42 Å². The second-order valence-electron chi connectivity index (χ2n) is 3.94. The van der Waals surface area contributed by atoms with Crippen molar-refractivity contribution >= 4 is 40.8 Å². The van der Waals surface area contributed by atoms with E-state index >= 15 is 0 Å². The molecule has 20 heavy (non-hydrogen) atoms. The second-order valence-corrected chi connectivity index (χ2v) is 5.13. The quantitative estimate of drug-likeness (QED) is 0.665. The molecule has 0 saturated carbocycles. The minimum absolute atomic E-state index is 0.0180. The van der Waals surface area contributed by atoms with Crippen LogP contribution in [-0.2, 0) is 11.2 Å². The Kier molecular flexibility index (Phi) is 4.48. The zero-order valence-corrected chi connectivity index (χ0v) is 12.1. The summed E-state index contributed by atoms with van der Waals surface area (Å²) in [5, 5.41) is 9.35. The predicted molar refractivity (Wildman–Crippen MR) is 76.0 cm³/mol. The van der Waals surface area contributed by atoms with Crippen molar-refractivity contribution in [3.05, 3.63) is 50.8 Å². The molecule has 7 heteroatoms. The summed E-state index contributed by atoms with van der Waals surface area (Å²) in [5.41, 5.74) is 0.478. The summed E-state index contributed by atoms with van der Waals surface area (Å²) < 4.78 is 13.8. The summed E-state index contributed by atoms with van der Waals surface area (Å²) in [6, 6.07) is 5.82. The van der Waals surface area contributed by atoms with Crippen molar-refractivity contribution in [2.24, 2.45) is 0 Å². The summed E-state index contributed by atoms with van der Waals surface area (Å²) in [7, 11) is 0. The van der Waals surface area contributed by atoms with E-state index in [0.29, 0.717) is 5.56 Å². The first kappa shape index (κ1) is 15.0. The molecule has 0 aliphatic heterocycles. The number of rotatable bonds is 3. The van der Waals surface area contributed by atoms with Gasteiger partial charge >= 0.3 is 5.97 Å². The SMILES string of the molecule is O=C(O)Cc1ccc(-c2c(Cl)ccc(Cl)c2Cl)nc1F. The van der Waals surface area contributed by atoms with Crippen LogP contribution in [-0.4, -0.2) is 16.1 Å². The zero-order chi connectivity index (χ0) is 14.9. The number of carboxylic acid groups (broad SMARTS) is 1. The standard InChI is InChI=1S/C13H7Cl3FNO2/c14-7-2-3-8(15)12(16)11(7)9-4-1-6(5-10(19)20)13(17)18-9/h1-4H,5H2,(H,19,20). The van der Waals surface area contributed by atoms with Crippen molar-refractivity contribution in [3.63, 3.8) is 0 Å². The van der Waals surface area contributed by atoms with Gasteiger partial charge in [-0.2, -0.15) is 4.39 Å². The topological polar surface area (TPSA) is 50.2 Å². The van der Waals surface area contributed by atoms with Crippen LogP contribution in [0.1, 0.15) is 5.56 Å². The Hall–Kier alpha value is -1.36. The van der Waals surface area contributed by atoms with Crippen molar-refractivity contribution in [1.82, 2.24) is 4.98 Å². The first-order valence-electron chi connectivity index (χ1n) is 5.41. The van der Waals surface area contributed by atoms with Gasteiger partial charge in [-0.25, -0.2) is 4.98 Å². The maximum atomic E-state index is 13.8. The molecule has 0 aliphatic rings. The number of hydrogen-bond donors (Lipinski definition) is 1. The van der Waals surface area contributed by atoms with E-state index in [1.165, 1.54) is 24.3 Å². The van der Waals surface area contributed by atoms with Gasteiger partial charge in [-0.1, -0.05) is 40.9 Å². The number of aliphatic carboxylic acids is 1. The van der Waals surface area contributed by atoms with Gasteiger partial charge < -0.3 is 5.11 Å². The number of carbonyl (C=O) groups is 1. The van der Waals surface area contributed by atoms with Gasteiger partial charge in [0, 0.05) is 11.1 Å². The summed E-state index contributed by atoms with van der Waals surface area (Å²) in [5.74, 6) is -2.02. The predicted octanol–water partition coefficient (Wildman–Crippen LogP) is 4.48. The zero-order valence-electron chi connectivity index (χ0n) is 9.83. The number of aromatic nitrogens is 1. The van der Waals surface area contributed by atoms with Crippen LogP contribution in [0.5, 0.6) is 0 Å². The molecule has 0 fully saturated rings. The molecule has 104 valence electrons. The van der Waals surface area contributed by atoms with Crippen molar-refractivity contribution < 1.29 is 14.3 Å². The Labute approximate surface area is 128 Å². The van der Waals surface area contributed by atoms with Gasteiger partial charge in [0.15, 0.2) is 0 Å². The van der Waals surface area contributed by atoms with Crippen LogP contribution in [0.25, 0.3) is 11.3 Å². The Morgan fingerprint density at radius 1 is 1.15 bits per heavy atom. The third kappa shape index (κ3) is 3.03. The normalized spacial score (nSPS) is 10.6. The smallest absolute Gasteiger partial charge is 0.307 e. The van der Waals surface area contributed by atoms with Gasteiger partial charge in [0.1, 0.15) is 0 Å². The molecule has 3 nitrogen and oxygen atoms in total. The molecule has 2 aromatic rings. The van der Waals surface area contributed by atoms with Crippen molar-refractivity contribution in [2.75, 3.05) is 0 Å². The molecule has 1 heterocycles. The number of pyridine rings is 1. The van der Waals surface area contributed by atoms with E-state index in [2.05, 4.69) is 4.98 Å². The summed E-state index contributed by atoms with van der Waals surface area (Å²) in [4.78, 5) is 14.3. The van der Waals surface area contributed by atoms with Gasteiger partial charge in [0.2, 0.25) is 5.95 Å². The van der Waals surface area contributed by atoms with Crippen LogP contribution < -0.4 is 0 Å². The highest BCUT2D eigenvalue weighted by atomic mass is 35.5. The van der Waals surface area contributed by atoms with Gasteiger partial charge in [0.25, 0.3) is 0 Å². The molecule has 1 aromatic carbocycles. The lowest BCUT2D eigenvalue weighted by atomic mass is 10.1. The molecule has 1 aromatic heterocycles. The molecule has 0 amide bonds. The molecule has 2 rings (SSSR count). The highest BCUT2D eigenvalue weighted by Crippen LogP contribution is 2.38. The highest BCUT2D eigenvalue weighted by Gasteiger charge is 2.16. The summed E-state index contributed by atoms with van der Waals surface area (Å²) in [6.07, 6.45) is -0.448. The maximum Gasteiger partial charge on any atom is 0.307 e. The molecule has 0 spiro atoms. The lowest BCUT2D eigenvalue weighted by molar-refractivity contribution is -0.136. The van der Waals surface area contributed by atoms with Crippen LogP contribution >= 0.6 is 34.8 Å². The first-order valence-corrected chi connectivity index (χ1v) is 6.54. The van der Waals surface area contributed by atoms with E-state index in [1.807, 2.05) is 0 Å². The third-order valence-corrected chi connectivity index (χ3v) is 3.69. The fourth-order valence-electron chi connectivity index (χ4n) is 1.66. The molecule has 0 radical (unpaired) electrons. The molecule has 0 unspecified atom stereocenters. The lowest BCUT2D eigenvalue weighted by Gasteiger charge is -2.09. The fourth-order valence-corrected chi connectivity index (χ4v) is 2.38. The van der Waals surface area contributed by atoms with Crippen LogP contribution in [0, 0.1) is 5.95 Å². The number of carboxylic acids is 1.